The lowest BCUT2D eigenvalue weighted by Crippen LogP contribution is -2.19. The van der Waals surface area contributed by atoms with Crippen LogP contribution in [0.25, 0.3) is 12.2 Å². The summed E-state index contributed by atoms with van der Waals surface area (Å²) in [4.78, 5) is 0. The van der Waals surface area contributed by atoms with Gasteiger partial charge in [0.1, 0.15) is 11.6 Å². The third-order valence-electron chi connectivity index (χ3n) is 2.24. The summed E-state index contributed by atoms with van der Waals surface area (Å²) in [5.74, 6) is 0. The van der Waals surface area contributed by atoms with E-state index in [0.29, 0.717) is 9.52 Å². The minimum absolute atomic E-state index is 0.509. The molecule has 2 nitrogen and oxygen atoms in total. The van der Waals surface area contributed by atoms with Crippen molar-refractivity contribution in [1.82, 2.24) is 0 Å². The van der Waals surface area contributed by atoms with Gasteiger partial charge in [-0.2, -0.15) is 0 Å². The lowest BCUT2D eigenvalue weighted by atomic mass is 9.98. The molecule has 0 saturated carbocycles. The fourth-order valence-electron chi connectivity index (χ4n) is 1.41. The Morgan fingerprint density at radius 2 is 2.00 bits per heavy atom. The average Bonchev–Trinajstić information content (AvgIpc) is 2.21. The molecule has 2 radical (unpaired) electrons. The summed E-state index contributed by atoms with van der Waals surface area (Å²) >= 11 is 0. The molecule has 15 heavy (non-hydrogen) atoms. The van der Waals surface area contributed by atoms with Crippen LogP contribution in [-0.4, -0.2) is 23.7 Å². The molecular weight excluding hydrogens is 204 g/mol. The van der Waals surface area contributed by atoms with Crippen LogP contribution in [0.4, 0.5) is 0 Å². The summed E-state index contributed by atoms with van der Waals surface area (Å²) in [6.45, 7) is 0. The van der Waals surface area contributed by atoms with Crippen LogP contribution in [0, 0.1) is 0 Å². The summed E-state index contributed by atoms with van der Waals surface area (Å²) in [5, 5.41) is 2.13. The first-order valence-corrected chi connectivity index (χ1v) is 5.69. The average molecular weight is 216 g/mol. The minimum atomic E-state index is 0.509. The maximum Gasteiger partial charge on any atom is 0.175 e. The first-order chi connectivity index (χ1) is 7.33. The fourth-order valence-corrected chi connectivity index (χ4v) is 2.37. The number of ether oxygens (including phenoxy) is 2. The minimum Gasteiger partial charge on any atom is -0.503 e. The highest BCUT2D eigenvalue weighted by atomic mass is 28.2. The number of methoxy groups -OCH3 is 2. The Hall–Kier alpha value is -1.48. The van der Waals surface area contributed by atoms with Crippen molar-refractivity contribution in [3.63, 3.8) is 0 Å². The normalized spacial score (nSPS) is 13.1. The largest absolute Gasteiger partial charge is 0.503 e. The van der Waals surface area contributed by atoms with Gasteiger partial charge in [-0.05, 0) is 11.1 Å². The van der Waals surface area contributed by atoms with Crippen LogP contribution < -0.4 is 5.19 Å². The van der Waals surface area contributed by atoms with Crippen molar-refractivity contribution in [1.29, 1.82) is 0 Å². The van der Waals surface area contributed by atoms with E-state index in [-0.39, 0.29) is 0 Å². The molecular formula is C12H12O2Si. The molecule has 1 aromatic carbocycles. The van der Waals surface area contributed by atoms with E-state index in [0.717, 1.165) is 5.38 Å². The Labute approximate surface area is 92.0 Å². The Kier molecular flexibility index (Phi) is 2.92. The molecule has 3 heteroatoms. The first kappa shape index (κ1) is 10.0. The number of fused-ring (bicyclic) bond motifs is 1. The molecule has 1 aliphatic rings. The predicted octanol–water partition coefficient (Wildman–Crippen LogP) is 1.59. The van der Waals surface area contributed by atoms with Gasteiger partial charge in [-0.15, -0.1) is 0 Å². The second kappa shape index (κ2) is 4.36. The fraction of sp³-hybridized carbons (Fsp3) is 0.167. The highest BCUT2D eigenvalue weighted by molar-refractivity contribution is 6.60. The van der Waals surface area contributed by atoms with E-state index in [4.69, 9.17) is 9.47 Å². The van der Waals surface area contributed by atoms with E-state index in [1.165, 1.54) is 16.3 Å². The molecule has 0 N–H and O–H groups in total. The van der Waals surface area contributed by atoms with Crippen molar-refractivity contribution >= 4 is 26.9 Å². The Morgan fingerprint density at radius 3 is 2.53 bits per heavy atom. The number of benzene rings is 1. The maximum atomic E-state index is 5.21. The zero-order chi connectivity index (χ0) is 10.7. The smallest absolute Gasteiger partial charge is 0.175 e. The number of hydrogen-bond donors (Lipinski definition) is 0. The first-order valence-electron chi connectivity index (χ1n) is 4.69. The van der Waals surface area contributed by atoms with Crippen LogP contribution in [0.3, 0.4) is 0 Å². The zero-order valence-electron chi connectivity index (χ0n) is 8.78. The van der Waals surface area contributed by atoms with Crippen molar-refractivity contribution in [2.45, 2.75) is 0 Å². The van der Waals surface area contributed by atoms with E-state index in [1.807, 2.05) is 0 Å². The van der Waals surface area contributed by atoms with Crippen LogP contribution in [0.1, 0.15) is 11.1 Å². The quantitative estimate of drug-likeness (QED) is 0.571. The summed E-state index contributed by atoms with van der Waals surface area (Å²) in [7, 11) is 3.80. The van der Waals surface area contributed by atoms with Gasteiger partial charge >= 0.3 is 0 Å². The number of rotatable bonds is 4. The SMILES string of the molecule is COC=C(OC)[Si]c1ccc2c(c1)C=C2. The molecule has 0 saturated heterocycles. The van der Waals surface area contributed by atoms with Crippen LogP contribution in [0.5, 0.6) is 0 Å². The third kappa shape index (κ3) is 2.13. The highest BCUT2D eigenvalue weighted by Crippen LogP contribution is 2.21. The molecule has 2 rings (SSSR count). The van der Waals surface area contributed by atoms with Crippen molar-refractivity contribution in [2.75, 3.05) is 14.2 Å². The van der Waals surface area contributed by atoms with Gasteiger partial charge in [0, 0.05) is 0 Å². The van der Waals surface area contributed by atoms with Crippen molar-refractivity contribution in [3.05, 3.63) is 41.0 Å². The van der Waals surface area contributed by atoms with Crippen LogP contribution in [-0.2, 0) is 9.47 Å². The van der Waals surface area contributed by atoms with Crippen molar-refractivity contribution < 1.29 is 9.47 Å². The topological polar surface area (TPSA) is 18.5 Å². The van der Waals surface area contributed by atoms with Gasteiger partial charge in [-0.3, -0.25) is 0 Å². The monoisotopic (exact) mass is 216 g/mol. The molecule has 0 aliphatic heterocycles. The van der Waals surface area contributed by atoms with Gasteiger partial charge in [0.05, 0.1) is 14.2 Å². The molecule has 0 fully saturated rings. The molecule has 0 heterocycles. The molecule has 0 amide bonds. The van der Waals surface area contributed by atoms with E-state index in [1.54, 1.807) is 20.5 Å². The van der Waals surface area contributed by atoms with E-state index < -0.39 is 0 Å². The lowest BCUT2D eigenvalue weighted by Gasteiger charge is -2.12. The van der Waals surface area contributed by atoms with Gasteiger partial charge in [0.15, 0.2) is 9.52 Å². The molecule has 0 bridgehead atoms. The van der Waals surface area contributed by atoms with Gasteiger partial charge in [0.25, 0.3) is 0 Å². The Balaban J connectivity index is 2.11. The molecule has 0 spiro atoms. The molecule has 1 aromatic rings. The summed E-state index contributed by atoms with van der Waals surface area (Å²) in [5.41, 5.74) is 2.63. The lowest BCUT2D eigenvalue weighted by molar-refractivity contribution is 0.271. The highest BCUT2D eigenvalue weighted by Gasteiger charge is 2.08. The molecule has 0 atom stereocenters. The summed E-state index contributed by atoms with van der Waals surface area (Å²) in [6.07, 6.45) is 5.88. The Bertz CT molecular complexity index is 422. The third-order valence-corrected chi connectivity index (χ3v) is 3.41. The van der Waals surface area contributed by atoms with E-state index in [2.05, 4.69) is 30.4 Å². The molecule has 1 aliphatic carbocycles. The van der Waals surface area contributed by atoms with Gasteiger partial charge < -0.3 is 9.47 Å². The second-order valence-electron chi connectivity index (χ2n) is 3.22. The predicted molar refractivity (Wildman–Crippen MR) is 62.9 cm³/mol. The van der Waals surface area contributed by atoms with Gasteiger partial charge in [-0.25, -0.2) is 0 Å². The van der Waals surface area contributed by atoms with Crippen LogP contribution in [0.15, 0.2) is 29.8 Å². The van der Waals surface area contributed by atoms with E-state index >= 15 is 0 Å². The van der Waals surface area contributed by atoms with Crippen molar-refractivity contribution in [3.8, 4) is 0 Å². The molecule has 0 aromatic heterocycles. The van der Waals surface area contributed by atoms with Crippen LogP contribution in [0.2, 0.25) is 0 Å². The van der Waals surface area contributed by atoms with Gasteiger partial charge in [0.2, 0.25) is 0 Å². The maximum absolute atomic E-state index is 5.21. The van der Waals surface area contributed by atoms with Crippen LogP contribution >= 0.6 is 0 Å². The Morgan fingerprint density at radius 1 is 1.20 bits per heavy atom. The molecule has 0 unspecified atom stereocenters. The number of hydrogen-bond acceptors (Lipinski definition) is 2. The van der Waals surface area contributed by atoms with Crippen molar-refractivity contribution in [2.24, 2.45) is 0 Å². The van der Waals surface area contributed by atoms with Gasteiger partial charge in [-0.1, -0.05) is 35.5 Å². The second-order valence-corrected chi connectivity index (χ2v) is 4.54. The standard InChI is InChI=1S/C12H12O2Si/c1-13-8-12(14-2)15-11-6-5-9-3-4-10(9)7-11/h3-8H,1-2H3. The zero-order valence-corrected chi connectivity index (χ0v) is 9.78. The summed E-state index contributed by atoms with van der Waals surface area (Å²) < 4.78 is 10.2. The molecule has 76 valence electrons. The summed E-state index contributed by atoms with van der Waals surface area (Å²) in [6, 6.07) is 6.46. The van der Waals surface area contributed by atoms with E-state index in [9.17, 15) is 0 Å².